The summed E-state index contributed by atoms with van der Waals surface area (Å²) in [5.74, 6) is -0.0807. The standard InChI is InChI=1S/C11H17NO4/c1-8-3-4-9(5-6-10(13)16-2)12(7-8)11(14)15/h5-6,8-9H,3-4,7H2,1-2H3,(H,14,15)/b6-5+. The number of amides is 1. The van der Waals surface area contributed by atoms with Crippen LogP contribution < -0.4 is 0 Å². The number of methoxy groups -OCH3 is 1. The fraction of sp³-hybridized carbons (Fsp3) is 0.636. The quantitative estimate of drug-likeness (QED) is 0.573. The summed E-state index contributed by atoms with van der Waals surface area (Å²) in [5.41, 5.74) is 0. The van der Waals surface area contributed by atoms with E-state index in [0.29, 0.717) is 12.5 Å². The highest BCUT2D eigenvalue weighted by molar-refractivity contribution is 5.82. The van der Waals surface area contributed by atoms with E-state index in [1.54, 1.807) is 6.08 Å². The molecule has 0 aromatic rings. The summed E-state index contributed by atoms with van der Waals surface area (Å²) in [7, 11) is 1.30. The molecule has 0 aliphatic carbocycles. The topological polar surface area (TPSA) is 66.8 Å². The van der Waals surface area contributed by atoms with E-state index in [9.17, 15) is 9.59 Å². The number of esters is 1. The monoisotopic (exact) mass is 227 g/mol. The molecule has 1 fully saturated rings. The molecule has 0 radical (unpaired) electrons. The Kier molecular flexibility index (Phi) is 4.34. The largest absolute Gasteiger partial charge is 0.466 e. The molecule has 16 heavy (non-hydrogen) atoms. The van der Waals surface area contributed by atoms with Gasteiger partial charge in [-0.1, -0.05) is 13.0 Å². The second-order valence-electron chi connectivity index (χ2n) is 4.07. The Morgan fingerprint density at radius 1 is 1.44 bits per heavy atom. The lowest BCUT2D eigenvalue weighted by atomic mass is 9.94. The van der Waals surface area contributed by atoms with E-state index >= 15 is 0 Å². The van der Waals surface area contributed by atoms with Gasteiger partial charge in [0.1, 0.15) is 0 Å². The molecule has 1 aliphatic heterocycles. The van der Waals surface area contributed by atoms with Crippen LogP contribution in [0, 0.1) is 5.92 Å². The maximum Gasteiger partial charge on any atom is 0.407 e. The Balaban J connectivity index is 2.66. The number of carbonyl (C=O) groups is 2. The minimum absolute atomic E-state index is 0.215. The molecule has 0 spiro atoms. The maximum absolute atomic E-state index is 11.0. The van der Waals surface area contributed by atoms with Gasteiger partial charge < -0.3 is 14.7 Å². The van der Waals surface area contributed by atoms with Crippen molar-refractivity contribution in [2.24, 2.45) is 5.92 Å². The van der Waals surface area contributed by atoms with Crippen molar-refractivity contribution in [2.45, 2.75) is 25.8 Å². The molecule has 1 heterocycles. The predicted molar refractivity (Wildman–Crippen MR) is 58.1 cm³/mol. The number of hydrogen-bond acceptors (Lipinski definition) is 3. The Labute approximate surface area is 94.7 Å². The Hall–Kier alpha value is -1.52. The van der Waals surface area contributed by atoms with Crippen molar-refractivity contribution in [3.05, 3.63) is 12.2 Å². The van der Waals surface area contributed by atoms with E-state index in [0.717, 1.165) is 12.8 Å². The first kappa shape index (κ1) is 12.5. The molecule has 1 rings (SSSR count). The van der Waals surface area contributed by atoms with E-state index in [4.69, 9.17) is 5.11 Å². The highest BCUT2D eigenvalue weighted by Gasteiger charge is 2.27. The molecule has 0 aromatic carbocycles. The second kappa shape index (κ2) is 5.53. The molecule has 0 saturated carbocycles. The van der Waals surface area contributed by atoms with Crippen molar-refractivity contribution in [1.82, 2.24) is 4.90 Å². The first-order chi connectivity index (χ1) is 7.54. The number of carboxylic acid groups (broad SMARTS) is 1. The van der Waals surface area contributed by atoms with Crippen molar-refractivity contribution in [3.8, 4) is 0 Å². The molecule has 0 aromatic heterocycles. The minimum atomic E-state index is -0.939. The molecule has 2 unspecified atom stereocenters. The van der Waals surface area contributed by atoms with Crippen molar-refractivity contribution in [2.75, 3.05) is 13.7 Å². The highest BCUT2D eigenvalue weighted by atomic mass is 16.5. The molecule has 2 atom stereocenters. The van der Waals surface area contributed by atoms with E-state index in [1.807, 2.05) is 6.92 Å². The zero-order valence-electron chi connectivity index (χ0n) is 9.55. The van der Waals surface area contributed by atoms with Crippen LogP contribution in [0.1, 0.15) is 19.8 Å². The van der Waals surface area contributed by atoms with Crippen LogP contribution in [-0.2, 0) is 9.53 Å². The molecule has 1 saturated heterocycles. The van der Waals surface area contributed by atoms with Crippen LogP contribution in [0.4, 0.5) is 4.79 Å². The van der Waals surface area contributed by atoms with Crippen LogP contribution in [0.25, 0.3) is 0 Å². The average Bonchev–Trinajstić information content (AvgIpc) is 2.26. The number of hydrogen-bond donors (Lipinski definition) is 1. The third-order valence-corrected chi connectivity index (χ3v) is 2.77. The first-order valence-electron chi connectivity index (χ1n) is 5.30. The van der Waals surface area contributed by atoms with Crippen LogP contribution >= 0.6 is 0 Å². The van der Waals surface area contributed by atoms with Gasteiger partial charge in [0.25, 0.3) is 0 Å². The molecule has 0 bridgehead atoms. The van der Waals surface area contributed by atoms with Gasteiger partial charge in [0, 0.05) is 12.6 Å². The molecular formula is C11H17NO4. The minimum Gasteiger partial charge on any atom is -0.466 e. The van der Waals surface area contributed by atoms with Gasteiger partial charge in [-0.2, -0.15) is 0 Å². The average molecular weight is 227 g/mol. The van der Waals surface area contributed by atoms with Gasteiger partial charge >= 0.3 is 12.1 Å². The van der Waals surface area contributed by atoms with Crippen LogP contribution in [0.3, 0.4) is 0 Å². The summed E-state index contributed by atoms with van der Waals surface area (Å²) in [6.45, 7) is 2.54. The van der Waals surface area contributed by atoms with Crippen molar-refractivity contribution in [3.63, 3.8) is 0 Å². The van der Waals surface area contributed by atoms with Gasteiger partial charge in [0.2, 0.25) is 0 Å². The number of piperidine rings is 1. The third-order valence-electron chi connectivity index (χ3n) is 2.77. The molecule has 5 heteroatoms. The van der Waals surface area contributed by atoms with E-state index < -0.39 is 12.1 Å². The summed E-state index contributed by atoms with van der Waals surface area (Å²) in [6.07, 6.45) is 3.68. The molecule has 5 nitrogen and oxygen atoms in total. The van der Waals surface area contributed by atoms with Gasteiger partial charge in [-0.05, 0) is 18.8 Å². The van der Waals surface area contributed by atoms with Gasteiger partial charge in [-0.15, -0.1) is 0 Å². The lowest BCUT2D eigenvalue weighted by Gasteiger charge is -2.35. The van der Waals surface area contributed by atoms with E-state index in [2.05, 4.69) is 4.74 Å². The third kappa shape index (κ3) is 3.25. The molecule has 1 N–H and O–H groups in total. The second-order valence-corrected chi connectivity index (χ2v) is 4.07. The van der Waals surface area contributed by atoms with E-state index in [-0.39, 0.29) is 6.04 Å². The van der Waals surface area contributed by atoms with Crippen LogP contribution in [0.15, 0.2) is 12.2 Å². The summed E-state index contributed by atoms with van der Waals surface area (Å²) < 4.78 is 4.47. The summed E-state index contributed by atoms with van der Waals surface area (Å²) in [4.78, 5) is 23.3. The van der Waals surface area contributed by atoms with E-state index in [1.165, 1.54) is 18.1 Å². The normalized spacial score (nSPS) is 25.8. The fourth-order valence-corrected chi connectivity index (χ4v) is 1.85. The number of ether oxygens (including phenoxy) is 1. The van der Waals surface area contributed by atoms with Crippen molar-refractivity contribution >= 4 is 12.1 Å². The Morgan fingerprint density at radius 3 is 2.69 bits per heavy atom. The van der Waals surface area contributed by atoms with Crippen molar-refractivity contribution < 1.29 is 19.4 Å². The van der Waals surface area contributed by atoms with Crippen LogP contribution in [-0.4, -0.2) is 41.8 Å². The summed E-state index contributed by atoms with van der Waals surface area (Å²) >= 11 is 0. The number of carbonyl (C=O) groups excluding carboxylic acids is 1. The molecule has 1 amide bonds. The molecular weight excluding hydrogens is 210 g/mol. The number of likely N-dealkylation sites (tertiary alicyclic amines) is 1. The van der Waals surface area contributed by atoms with Crippen LogP contribution in [0.2, 0.25) is 0 Å². The van der Waals surface area contributed by atoms with Gasteiger partial charge in [-0.3, -0.25) is 0 Å². The number of rotatable bonds is 2. The van der Waals surface area contributed by atoms with Gasteiger partial charge in [-0.25, -0.2) is 9.59 Å². The SMILES string of the molecule is COC(=O)/C=C/C1CCC(C)CN1C(=O)O. The lowest BCUT2D eigenvalue weighted by Crippen LogP contribution is -2.44. The lowest BCUT2D eigenvalue weighted by molar-refractivity contribution is -0.134. The predicted octanol–water partition coefficient (Wildman–Crippen LogP) is 1.49. The van der Waals surface area contributed by atoms with Crippen LogP contribution in [0.5, 0.6) is 0 Å². The Morgan fingerprint density at radius 2 is 2.12 bits per heavy atom. The highest BCUT2D eigenvalue weighted by Crippen LogP contribution is 2.22. The first-order valence-corrected chi connectivity index (χ1v) is 5.30. The zero-order chi connectivity index (χ0) is 12.1. The molecule has 1 aliphatic rings. The molecule has 90 valence electrons. The fourth-order valence-electron chi connectivity index (χ4n) is 1.85. The smallest absolute Gasteiger partial charge is 0.407 e. The summed E-state index contributed by atoms with van der Waals surface area (Å²) in [5, 5.41) is 9.02. The van der Waals surface area contributed by atoms with Crippen molar-refractivity contribution in [1.29, 1.82) is 0 Å². The maximum atomic E-state index is 11.0. The Bertz CT molecular complexity index is 300. The van der Waals surface area contributed by atoms with Gasteiger partial charge in [0.05, 0.1) is 13.2 Å². The van der Waals surface area contributed by atoms with Gasteiger partial charge in [0.15, 0.2) is 0 Å². The zero-order valence-corrected chi connectivity index (χ0v) is 9.55. The summed E-state index contributed by atoms with van der Waals surface area (Å²) in [6, 6.07) is -0.215. The number of nitrogens with zero attached hydrogens (tertiary/aromatic N) is 1.